The summed E-state index contributed by atoms with van der Waals surface area (Å²) < 4.78 is 2.37. The molecule has 0 N–H and O–H groups in total. The van der Waals surface area contributed by atoms with Gasteiger partial charge in [0, 0.05) is 17.4 Å². The first kappa shape index (κ1) is 11.4. The monoisotopic (exact) mass is 193 g/mol. The highest BCUT2D eigenvalue weighted by molar-refractivity contribution is 5.08. The highest BCUT2D eigenvalue weighted by Crippen LogP contribution is 2.32. The van der Waals surface area contributed by atoms with E-state index in [-0.39, 0.29) is 5.54 Å². The van der Waals surface area contributed by atoms with Gasteiger partial charge in [0.05, 0.1) is 0 Å². The Kier molecular flexibility index (Phi) is 2.80. The molecule has 1 aromatic rings. The molecule has 0 atom stereocenters. The van der Waals surface area contributed by atoms with Crippen LogP contribution < -0.4 is 0 Å². The minimum atomic E-state index is 0.214. The second-order valence-electron chi connectivity index (χ2n) is 6.07. The highest BCUT2D eigenvalue weighted by Gasteiger charge is 2.27. The SMILES string of the molecule is Cc1cccn1C(C)(C)CC(C)(C)C. The molecule has 0 bridgehead atoms. The Balaban J connectivity index is 2.91. The van der Waals surface area contributed by atoms with E-state index in [2.05, 4.69) is 64.4 Å². The fraction of sp³-hybridized carbons (Fsp3) is 0.692. The summed E-state index contributed by atoms with van der Waals surface area (Å²) in [5.41, 5.74) is 1.94. The van der Waals surface area contributed by atoms with Crippen LogP contribution >= 0.6 is 0 Å². The normalized spacial score (nSPS) is 13.3. The molecule has 0 aromatic carbocycles. The number of rotatable bonds is 2. The van der Waals surface area contributed by atoms with E-state index < -0.39 is 0 Å². The average molecular weight is 193 g/mol. The topological polar surface area (TPSA) is 4.93 Å². The minimum Gasteiger partial charge on any atom is -0.346 e. The molecule has 0 aliphatic rings. The maximum atomic E-state index is 2.37. The molecule has 1 nitrogen and oxygen atoms in total. The zero-order valence-electron chi connectivity index (χ0n) is 10.4. The van der Waals surface area contributed by atoms with Crippen molar-refractivity contribution in [2.75, 3.05) is 0 Å². The summed E-state index contributed by atoms with van der Waals surface area (Å²) in [4.78, 5) is 0. The zero-order valence-corrected chi connectivity index (χ0v) is 10.4. The molecular formula is C13H23N. The Morgan fingerprint density at radius 2 is 1.71 bits per heavy atom. The van der Waals surface area contributed by atoms with E-state index in [9.17, 15) is 0 Å². The lowest BCUT2D eigenvalue weighted by Gasteiger charge is -2.35. The highest BCUT2D eigenvalue weighted by atomic mass is 15.0. The van der Waals surface area contributed by atoms with Crippen LogP contribution in [0.3, 0.4) is 0 Å². The second-order valence-corrected chi connectivity index (χ2v) is 6.07. The fourth-order valence-corrected chi connectivity index (χ4v) is 2.53. The van der Waals surface area contributed by atoms with Gasteiger partial charge in [-0.1, -0.05) is 20.8 Å². The summed E-state index contributed by atoms with van der Waals surface area (Å²) in [6.45, 7) is 13.7. The van der Waals surface area contributed by atoms with Crippen LogP contribution in [0, 0.1) is 12.3 Å². The molecular weight excluding hydrogens is 170 g/mol. The number of hydrogen-bond acceptors (Lipinski definition) is 0. The van der Waals surface area contributed by atoms with Crippen molar-refractivity contribution >= 4 is 0 Å². The van der Waals surface area contributed by atoms with Gasteiger partial charge in [0.1, 0.15) is 0 Å². The van der Waals surface area contributed by atoms with Crippen LogP contribution in [0.1, 0.15) is 46.7 Å². The molecule has 80 valence electrons. The lowest BCUT2D eigenvalue weighted by molar-refractivity contribution is 0.212. The van der Waals surface area contributed by atoms with Gasteiger partial charge in [-0.2, -0.15) is 0 Å². The summed E-state index contributed by atoms with van der Waals surface area (Å²) in [5.74, 6) is 0. The molecule has 1 aromatic heterocycles. The summed E-state index contributed by atoms with van der Waals surface area (Å²) in [7, 11) is 0. The van der Waals surface area contributed by atoms with Gasteiger partial charge in [0.2, 0.25) is 0 Å². The van der Waals surface area contributed by atoms with Gasteiger partial charge in [0.15, 0.2) is 0 Å². The first-order valence-corrected chi connectivity index (χ1v) is 5.37. The first-order chi connectivity index (χ1) is 6.22. The van der Waals surface area contributed by atoms with Gasteiger partial charge in [-0.15, -0.1) is 0 Å². The zero-order chi connectivity index (χ0) is 11.0. The lowest BCUT2D eigenvalue weighted by Crippen LogP contribution is -2.31. The Labute approximate surface area is 88.1 Å². The molecule has 0 aliphatic carbocycles. The number of aromatic nitrogens is 1. The summed E-state index contributed by atoms with van der Waals surface area (Å²) in [6.07, 6.45) is 3.37. The first-order valence-electron chi connectivity index (χ1n) is 5.37. The lowest BCUT2D eigenvalue weighted by atomic mass is 9.81. The van der Waals surface area contributed by atoms with E-state index in [1.54, 1.807) is 0 Å². The standard InChI is InChI=1S/C13H23N/c1-11-8-7-9-14(11)13(5,6)10-12(2,3)4/h7-9H,10H2,1-6H3. The van der Waals surface area contributed by atoms with E-state index in [4.69, 9.17) is 0 Å². The van der Waals surface area contributed by atoms with Gasteiger partial charge in [0.25, 0.3) is 0 Å². The van der Waals surface area contributed by atoms with Crippen LogP contribution in [-0.2, 0) is 5.54 Å². The smallest absolute Gasteiger partial charge is 0.0391 e. The number of hydrogen-bond donors (Lipinski definition) is 0. The summed E-state index contributed by atoms with van der Waals surface area (Å²) in [5, 5.41) is 0. The van der Waals surface area contributed by atoms with Crippen molar-refractivity contribution in [1.82, 2.24) is 4.57 Å². The van der Waals surface area contributed by atoms with Crippen molar-refractivity contribution in [2.45, 2.75) is 53.5 Å². The average Bonchev–Trinajstić information content (AvgIpc) is 2.29. The van der Waals surface area contributed by atoms with Crippen molar-refractivity contribution in [3.8, 4) is 0 Å². The van der Waals surface area contributed by atoms with Crippen LogP contribution in [-0.4, -0.2) is 4.57 Å². The van der Waals surface area contributed by atoms with Crippen LogP contribution in [0.15, 0.2) is 18.3 Å². The Hall–Kier alpha value is -0.720. The van der Waals surface area contributed by atoms with Crippen LogP contribution in [0.25, 0.3) is 0 Å². The molecule has 0 amide bonds. The maximum Gasteiger partial charge on any atom is 0.0391 e. The summed E-state index contributed by atoms with van der Waals surface area (Å²) >= 11 is 0. The molecule has 1 rings (SSSR count). The van der Waals surface area contributed by atoms with E-state index in [0.29, 0.717) is 5.41 Å². The van der Waals surface area contributed by atoms with E-state index >= 15 is 0 Å². The third kappa shape index (κ3) is 2.63. The Bertz CT molecular complexity index is 299. The fourth-order valence-electron chi connectivity index (χ4n) is 2.53. The molecule has 1 heterocycles. The van der Waals surface area contributed by atoms with Gasteiger partial charge in [-0.25, -0.2) is 0 Å². The van der Waals surface area contributed by atoms with Crippen LogP contribution in [0.5, 0.6) is 0 Å². The molecule has 0 saturated heterocycles. The molecule has 0 radical (unpaired) electrons. The molecule has 1 heteroatoms. The molecule has 0 aliphatic heterocycles. The van der Waals surface area contributed by atoms with E-state index in [1.165, 1.54) is 12.1 Å². The molecule has 0 unspecified atom stereocenters. The third-order valence-electron chi connectivity index (χ3n) is 2.57. The van der Waals surface area contributed by atoms with Crippen LogP contribution in [0.2, 0.25) is 0 Å². The van der Waals surface area contributed by atoms with Gasteiger partial charge in [-0.3, -0.25) is 0 Å². The Morgan fingerprint density at radius 1 is 1.14 bits per heavy atom. The van der Waals surface area contributed by atoms with Crippen molar-refractivity contribution in [3.05, 3.63) is 24.0 Å². The third-order valence-corrected chi connectivity index (χ3v) is 2.57. The predicted octanol–water partition coefficient (Wildman–Crippen LogP) is 3.97. The van der Waals surface area contributed by atoms with Gasteiger partial charge >= 0.3 is 0 Å². The number of nitrogens with zero attached hydrogens (tertiary/aromatic N) is 1. The molecule has 0 spiro atoms. The van der Waals surface area contributed by atoms with Gasteiger partial charge < -0.3 is 4.57 Å². The minimum absolute atomic E-state index is 0.214. The maximum absolute atomic E-state index is 2.37. The largest absolute Gasteiger partial charge is 0.346 e. The molecule has 14 heavy (non-hydrogen) atoms. The van der Waals surface area contributed by atoms with Crippen LogP contribution in [0.4, 0.5) is 0 Å². The number of aryl methyl sites for hydroxylation is 1. The van der Waals surface area contributed by atoms with Crippen molar-refractivity contribution in [3.63, 3.8) is 0 Å². The predicted molar refractivity (Wildman–Crippen MR) is 62.6 cm³/mol. The molecule has 0 fully saturated rings. The van der Waals surface area contributed by atoms with Crippen molar-refractivity contribution < 1.29 is 0 Å². The second kappa shape index (κ2) is 3.45. The Morgan fingerprint density at radius 3 is 2.07 bits per heavy atom. The quantitative estimate of drug-likeness (QED) is 0.670. The van der Waals surface area contributed by atoms with E-state index in [0.717, 1.165) is 0 Å². The summed E-state index contributed by atoms with van der Waals surface area (Å²) in [6, 6.07) is 4.30. The van der Waals surface area contributed by atoms with Gasteiger partial charge in [-0.05, 0) is 44.7 Å². The molecule has 0 saturated carbocycles. The van der Waals surface area contributed by atoms with E-state index in [1.807, 2.05) is 0 Å². The van der Waals surface area contributed by atoms with Crippen molar-refractivity contribution in [2.24, 2.45) is 5.41 Å². The van der Waals surface area contributed by atoms with Crippen molar-refractivity contribution in [1.29, 1.82) is 0 Å².